The van der Waals surface area contributed by atoms with Gasteiger partial charge in [0.1, 0.15) is 0 Å². The van der Waals surface area contributed by atoms with E-state index >= 15 is 0 Å². The van der Waals surface area contributed by atoms with Gasteiger partial charge >= 0.3 is 0 Å². The maximum absolute atomic E-state index is 12.9. The Labute approximate surface area is 171 Å². The standard InChI is InChI=1S/C23H24N2O3S/c1-17-12-13-22(18(2)16-17)29(27,28)25-21-11-7-6-10-20(21)23(26)24-15-14-19-8-4-3-5-9-19/h3-13,16,25H,14-15H2,1-2H3,(H,24,26). The summed E-state index contributed by atoms with van der Waals surface area (Å²) in [6.07, 6.45) is 0.697. The molecule has 3 aromatic carbocycles. The summed E-state index contributed by atoms with van der Waals surface area (Å²) < 4.78 is 28.3. The highest BCUT2D eigenvalue weighted by Gasteiger charge is 2.20. The van der Waals surface area contributed by atoms with E-state index in [1.807, 2.05) is 43.3 Å². The van der Waals surface area contributed by atoms with Gasteiger partial charge in [0.2, 0.25) is 0 Å². The van der Waals surface area contributed by atoms with Crippen molar-refractivity contribution in [1.82, 2.24) is 5.32 Å². The molecule has 0 aliphatic rings. The number of sulfonamides is 1. The number of nitrogens with one attached hydrogen (secondary N) is 2. The van der Waals surface area contributed by atoms with Crippen LogP contribution in [0.4, 0.5) is 5.69 Å². The Balaban J connectivity index is 1.75. The molecule has 0 spiro atoms. The largest absolute Gasteiger partial charge is 0.352 e. The summed E-state index contributed by atoms with van der Waals surface area (Å²) in [4.78, 5) is 12.8. The Kier molecular flexibility index (Phi) is 6.34. The molecule has 5 nitrogen and oxygen atoms in total. The Hall–Kier alpha value is -3.12. The zero-order valence-corrected chi connectivity index (χ0v) is 17.3. The van der Waals surface area contributed by atoms with Gasteiger partial charge in [-0.05, 0) is 49.6 Å². The third-order valence-corrected chi connectivity index (χ3v) is 6.10. The summed E-state index contributed by atoms with van der Waals surface area (Å²) >= 11 is 0. The lowest BCUT2D eigenvalue weighted by atomic mass is 10.1. The fourth-order valence-electron chi connectivity index (χ4n) is 3.13. The molecule has 0 aliphatic carbocycles. The van der Waals surface area contributed by atoms with Crippen molar-refractivity contribution in [3.63, 3.8) is 0 Å². The molecule has 0 bridgehead atoms. The van der Waals surface area contributed by atoms with Gasteiger partial charge in [-0.3, -0.25) is 9.52 Å². The lowest BCUT2D eigenvalue weighted by molar-refractivity contribution is 0.0955. The molecule has 1 amide bonds. The molecule has 0 atom stereocenters. The van der Waals surface area contributed by atoms with Crippen molar-refractivity contribution in [3.05, 3.63) is 95.1 Å². The average Bonchev–Trinajstić information content (AvgIpc) is 2.68. The van der Waals surface area contributed by atoms with Crippen LogP contribution in [0.15, 0.2) is 77.7 Å². The average molecular weight is 409 g/mol. The molecule has 0 fully saturated rings. The first-order valence-electron chi connectivity index (χ1n) is 9.38. The van der Waals surface area contributed by atoms with Gasteiger partial charge in [-0.2, -0.15) is 0 Å². The summed E-state index contributed by atoms with van der Waals surface area (Å²) in [6, 6.07) is 21.6. The topological polar surface area (TPSA) is 75.3 Å². The van der Waals surface area contributed by atoms with Crippen LogP contribution >= 0.6 is 0 Å². The van der Waals surface area contributed by atoms with Crippen molar-refractivity contribution < 1.29 is 13.2 Å². The van der Waals surface area contributed by atoms with Crippen LogP contribution in [0.25, 0.3) is 0 Å². The second-order valence-electron chi connectivity index (χ2n) is 6.91. The van der Waals surface area contributed by atoms with Gasteiger partial charge in [-0.25, -0.2) is 8.42 Å². The van der Waals surface area contributed by atoms with E-state index < -0.39 is 10.0 Å². The maximum atomic E-state index is 12.9. The van der Waals surface area contributed by atoms with Crippen LogP contribution in [0, 0.1) is 13.8 Å². The van der Waals surface area contributed by atoms with Crippen LogP contribution in [0.5, 0.6) is 0 Å². The number of hydrogen-bond acceptors (Lipinski definition) is 3. The number of carbonyl (C=O) groups is 1. The normalized spacial score (nSPS) is 11.1. The summed E-state index contributed by atoms with van der Waals surface area (Å²) in [5, 5.41) is 2.86. The van der Waals surface area contributed by atoms with Gasteiger partial charge in [0.05, 0.1) is 16.1 Å². The van der Waals surface area contributed by atoms with E-state index in [0.717, 1.165) is 11.1 Å². The predicted molar refractivity (Wildman–Crippen MR) is 116 cm³/mol. The van der Waals surface area contributed by atoms with E-state index in [9.17, 15) is 13.2 Å². The third-order valence-electron chi connectivity index (χ3n) is 4.58. The number of para-hydroxylation sites is 1. The molecule has 0 saturated heterocycles. The number of anilines is 1. The highest BCUT2D eigenvalue weighted by molar-refractivity contribution is 7.92. The quantitative estimate of drug-likeness (QED) is 0.619. The van der Waals surface area contributed by atoms with E-state index in [-0.39, 0.29) is 22.1 Å². The number of rotatable bonds is 7. The number of carbonyl (C=O) groups excluding carboxylic acids is 1. The molecule has 0 aromatic heterocycles. The van der Waals surface area contributed by atoms with Gasteiger partial charge in [0.15, 0.2) is 0 Å². The second kappa shape index (κ2) is 8.92. The van der Waals surface area contributed by atoms with Crippen LogP contribution in [-0.2, 0) is 16.4 Å². The number of aryl methyl sites for hydroxylation is 2. The SMILES string of the molecule is Cc1ccc(S(=O)(=O)Nc2ccccc2C(=O)NCCc2ccccc2)c(C)c1. The van der Waals surface area contributed by atoms with Crippen LogP contribution in [0.3, 0.4) is 0 Å². The summed E-state index contributed by atoms with van der Waals surface area (Å²) in [6.45, 7) is 4.12. The smallest absolute Gasteiger partial charge is 0.262 e. The third kappa shape index (κ3) is 5.23. The molecule has 0 radical (unpaired) electrons. The van der Waals surface area contributed by atoms with Crippen LogP contribution in [0.2, 0.25) is 0 Å². The van der Waals surface area contributed by atoms with Crippen molar-refractivity contribution in [3.8, 4) is 0 Å². The van der Waals surface area contributed by atoms with Crippen molar-refractivity contribution in [2.24, 2.45) is 0 Å². The maximum Gasteiger partial charge on any atom is 0.262 e. The van der Waals surface area contributed by atoms with Gasteiger partial charge in [0, 0.05) is 6.54 Å². The molecular formula is C23H24N2O3S. The second-order valence-corrected chi connectivity index (χ2v) is 8.56. The van der Waals surface area contributed by atoms with Crippen molar-refractivity contribution in [2.45, 2.75) is 25.2 Å². The fraction of sp³-hybridized carbons (Fsp3) is 0.174. The first kappa shape index (κ1) is 20.6. The molecular weight excluding hydrogens is 384 g/mol. The lowest BCUT2D eigenvalue weighted by Gasteiger charge is -2.14. The number of amides is 1. The Morgan fingerprint density at radius 3 is 2.31 bits per heavy atom. The molecule has 0 aliphatic heterocycles. The zero-order valence-electron chi connectivity index (χ0n) is 16.5. The van der Waals surface area contributed by atoms with Gasteiger partial charge in [-0.15, -0.1) is 0 Å². The van der Waals surface area contributed by atoms with E-state index in [1.54, 1.807) is 43.3 Å². The van der Waals surface area contributed by atoms with Crippen LogP contribution < -0.4 is 10.0 Å². The minimum atomic E-state index is -3.81. The van der Waals surface area contributed by atoms with Crippen molar-refractivity contribution in [1.29, 1.82) is 0 Å². The summed E-state index contributed by atoms with van der Waals surface area (Å²) in [5.41, 5.74) is 3.30. The van der Waals surface area contributed by atoms with Gasteiger partial charge in [0.25, 0.3) is 15.9 Å². The molecule has 2 N–H and O–H groups in total. The number of hydrogen-bond donors (Lipinski definition) is 2. The van der Waals surface area contributed by atoms with Gasteiger partial charge < -0.3 is 5.32 Å². The monoisotopic (exact) mass is 408 g/mol. The Morgan fingerprint density at radius 1 is 0.897 bits per heavy atom. The molecule has 3 aromatic rings. The molecule has 0 saturated carbocycles. The van der Waals surface area contributed by atoms with E-state index in [1.165, 1.54) is 0 Å². The van der Waals surface area contributed by atoms with Crippen LogP contribution in [-0.4, -0.2) is 20.9 Å². The first-order chi connectivity index (χ1) is 13.9. The molecule has 0 heterocycles. The molecule has 0 unspecified atom stereocenters. The lowest BCUT2D eigenvalue weighted by Crippen LogP contribution is -2.27. The summed E-state index contributed by atoms with van der Waals surface area (Å²) in [5.74, 6) is -0.320. The van der Waals surface area contributed by atoms with E-state index in [4.69, 9.17) is 0 Å². The molecule has 3 rings (SSSR count). The Bertz CT molecular complexity index is 1110. The minimum Gasteiger partial charge on any atom is -0.352 e. The van der Waals surface area contributed by atoms with Gasteiger partial charge in [-0.1, -0.05) is 60.2 Å². The van der Waals surface area contributed by atoms with E-state index in [0.29, 0.717) is 18.5 Å². The van der Waals surface area contributed by atoms with E-state index in [2.05, 4.69) is 10.0 Å². The number of benzene rings is 3. The predicted octanol–water partition coefficient (Wildman–Crippen LogP) is 4.08. The van der Waals surface area contributed by atoms with Crippen LogP contribution in [0.1, 0.15) is 27.0 Å². The zero-order chi connectivity index (χ0) is 20.9. The first-order valence-corrected chi connectivity index (χ1v) is 10.9. The summed E-state index contributed by atoms with van der Waals surface area (Å²) in [7, 11) is -3.81. The highest BCUT2D eigenvalue weighted by Crippen LogP contribution is 2.23. The highest BCUT2D eigenvalue weighted by atomic mass is 32.2. The Morgan fingerprint density at radius 2 is 1.59 bits per heavy atom. The molecule has 29 heavy (non-hydrogen) atoms. The molecule has 150 valence electrons. The van der Waals surface area contributed by atoms with Crippen molar-refractivity contribution >= 4 is 21.6 Å². The van der Waals surface area contributed by atoms with Crippen molar-refractivity contribution in [2.75, 3.05) is 11.3 Å². The molecule has 6 heteroatoms. The fourth-order valence-corrected chi connectivity index (χ4v) is 4.44. The minimum absolute atomic E-state index is 0.197.